The van der Waals surface area contributed by atoms with E-state index in [0.29, 0.717) is 23.4 Å². The summed E-state index contributed by atoms with van der Waals surface area (Å²) in [5.41, 5.74) is 1.89. The number of hydrogen-bond acceptors (Lipinski definition) is 6. The molecule has 0 radical (unpaired) electrons. The highest BCUT2D eigenvalue weighted by Gasteiger charge is 2.32. The van der Waals surface area contributed by atoms with Crippen LogP contribution in [0.25, 0.3) is 0 Å². The molecular weight excluding hydrogens is 377 g/mol. The summed E-state index contributed by atoms with van der Waals surface area (Å²) in [5, 5.41) is 0. The minimum absolute atomic E-state index is 0.201. The first-order valence-electron chi connectivity index (χ1n) is 8.17. The summed E-state index contributed by atoms with van der Waals surface area (Å²) in [5.74, 6) is -0.513. The summed E-state index contributed by atoms with van der Waals surface area (Å²) in [4.78, 5) is 15.3. The number of methoxy groups -OCH3 is 2. The summed E-state index contributed by atoms with van der Waals surface area (Å²) in [6.07, 6.45) is 0.199. The van der Waals surface area contributed by atoms with Crippen molar-refractivity contribution >= 4 is 0 Å². The average Bonchev–Trinajstić information content (AvgIpc) is 3.19. The molecule has 1 aromatic carbocycles. The molecule has 0 saturated heterocycles. The lowest BCUT2D eigenvalue weighted by Gasteiger charge is -2.19. The number of benzene rings is 1. The van der Waals surface area contributed by atoms with Gasteiger partial charge < -0.3 is 19.2 Å². The lowest BCUT2D eigenvalue weighted by atomic mass is 9.91. The van der Waals surface area contributed by atoms with Crippen LogP contribution in [0.3, 0.4) is 0 Å². The van der Waals surface area contributed by atoms with Crippen molar-refractivity contribution in [2.75, 3.05) is 14.2 Å². The van der Waals surface area contributed by atoms with Gasteiger partial charge in [0.15, 0.2) is 0 Å². The average molecular weight is 394 g/mol. The Morgan fingerprint density at radius 3 is 2.54 bits per heavy atom. The summed E-state index contributed by atoms with van der Waals surface area (Å²) >= 11 is 0. The van der Waals surface area contributed by atoms with Crippen LogP contribution in [0.4, 0.5) is 13.2 Å². The zero-order valence-electron chi connectivity index (χ0n) is 15.0. The van der Waals surface area contributed by atoms with E-state index in [1.54, 1.807) is 24.5 Å². The van der Waals surface area contributed by atoms with Crippen molar-refractivity contribution in [3.8, 4) is 17.5 Å². The number of rotatable bonds is 7. The van der Waals surface area contributed by atoms with E-state index in [9.17, 15) is 13.2 Å². The molecule has 28 heavy (non-hydrogen) atoms. The Labute approximate surface area is 158 Å². The second-order valence-corrected chi connectivity index (χ2v) is 5.79. The third-order valence-corrected chi connectivity index (χ3v) is 3.96. The van der Waals surface area contributed by atoms with Gasteiger partial charge in [0, 0.05) is 42.2 Å². The van der Waals surface area contributed by atoms with Gasteiger partial charge in [0.05, 0.1) is 20.5 Å². The van der Waals surface area contributed by atoms with Gasteiger partial charge in [-0.25, -0.2) is 15.0 Å². The molecule has 0 fully saturated rings. The molecule has 2 aromatic heterocycles. The molecule has 0 aliphatic heterocycles. The van der Waals surface area contributed by atoms with Gasteiger partial charge in [-0.2, -0.15) is 0 Å². The minimum Gasteiger partial charge on any atom is -0.497 e. The van der Waals surface area contributed by atoms with Crippen molar-refractivity contribution in [3.05, 3.63) is 59.9 Å². The predicted octanol–water partition coefficient (Wildman–Crippen LogP) is 3.49. The predicted molar refractivity (Wildman–Crippen MR) is 92.4 cm³/mol. The molecule has 1 atom stereocenters. The number of aromatic nitrogens is 4. The molecule has 0 saturated carbocycles. The van der Waals surface area contributed by atoms with Crippen LogP contribution in [0.15, 0.2) is 43.0 Å². The Morgan fingerprint density at radius 1 is 1.11 bits per heavy atom. The molecule has 0 bridgehead atoms. The SMILES string of the molecule is COc1cc(OC(F)(F)F)cc(C(Cc2ccnc(OC)n2)c2cnc[nH]2)c1. The van der Waals surface area contributed by atoms with E-state index < -0.39 is 6.36 Å². The fourth-order valence-corrected chi connectivity index (χ4v) is 2.77. The van der Waals surface area contributed by atoms with Crippen molar-refractivity contribution in [1.29, 1.82) is 0 Å². The Balaban J connectivity index is 2.01. The number of nitrogens with one attached hydrogen (secondary N) is 1. The number of hydrogen-bond donors (Lipinski definition) is 1. The fraction of sp³-hybridized carbons (Fsp3) is 0.278. The van der Waals surface area contributed by atoms with E-state index in [2.05, 4.69) is 24.7 Å². The molecule has 7 nitrogen and oxygen atoms in total. The Kier molecular flexibility index (Phi) is 5.67. The molecule has 3 rings (SSSR count). The van der Waals surface area contributed by atoms with Gasteiger partial charge in [-0.05, 0) is 23.8 Å². The molecule has 0 aliphatic rings. The fourth-order valence-electron chi connectivity index (χ4n) is 2.77. The number of ether oxygens (including phenoxy) is 3. The van der Waals surface area contributed by atoms with Gasteiger partial charge in [0.1, 0.15) is 11.5 Å². The standard InChI is InChI=1S/C18H17F3N4O3/c1-26-13-5-11(6-14(8-13)28-18(19,20)21)15(16-9-22-10-24-16)7-12-3-4-23-17(25-12)27-2/h3-6,8-10,15H,7H2,1-2H3,(H,22,24). The number of halogens is 3. The van der Waals surface area contributed by atoms with Crippen molar-refractivity contribution in [1.82, 2.24) is 19.9 Å². The first-order chi connectivity index (χ1) is 13.4. The topological polar surface area (TPSA) is 82.2 Å². The number of H-pyrrole nitrogens is 1. The zero-order valence-corrected chi connectivity index (χ0v) is 15.0. The van der Waals surface area contributed by atoms with Crippen LogP contribution in [-0.4, -0.2) is 40.5 Å². The normalized spacial score (nSPS) is 12.5. The first-order valence-corrected chi connectivity index (χ1v) is 8.17. The quantitative estimate of drug-likeness (QED) is 0.661. The second-order valence-electron chi connectivity index (χ2n) is 5.79. The van der Waals surface area contributed by atoms with Crippen molar-refractivity contribution < 1.29 is 27.4 Å². The largest absolute Gasteiger partial charge is 0.573 e. The van der Waals surface area contributed by atoms with E-state index in [0.717, 1.165) is 0 Å². The number of imidazole rings is 1. The van der Waals surface area contributed by atoms with Gasteiger partial charge in [-0.1, -0.05) is 0 Å². The number of nitrogens with zero attached hydrogens (tertiary/aromatic N) is 3. The molecule has 0 spiro atoms. The third kappa shape index (κ3) is 4.90. The maximum atomic E-state index is 12.7. The Hall–Kier alpha value is -3.30. The van der Waals surface area contributed by atoms with Crippen LogP contribution < -0.4 is 14.2 Å². The van der Waals surface area contributed by atoms with E-state index in [-0.39, 0.29) is 23.4 Å². The van der Waals surface area contributed by atoms with Crippen molar-refractivity contribution in [3.63, 3.8) is 0 Å². The highest BCUT2D eigenvalue weighted by Crippen LogP contribution is 2.34. The van der Waals surface area contributed by atoms with E-state index >= 15 is 0 Å². The Morgan fingerprint density at radius 2 is 1.89 bits per heavy atom. The third-order valence-electron chi connectivity index (χ3n) is 3.96. The van der Waals surface area contributed by atoms with Crippen LogP contribution in [-0.2, 0) is 6.42 Å². The molecule has 148 valence electrons. The van der Waals surface area contributed by atoms with Crippen LogP contribution >= 0.6 is 0 Å². The number of aromatic amines is 1. The molecule has 1 N–H and O–H groups in total. The van der Waals surface area contributed by atoms with Gasteiger partial charge in [0.2, 0.25) is 0 Å². The second kappa shape index (κ2) is 8.15. The lowest BCUT2D eigenvalue weighted by Crippen LogP contribution is -2.17. The van der Waals surface area contributed by atoms with Gasteiger partial charge in [0.25, 0.3) is 0 Å². The van der Waals surface area contributed by atoms with Crippen molar-refractivity contribution in [2.45, 2.75) is 18.7 Å². The highest BCUT2D eigenvalue weighted by atomic mass is 19.4. The van der Waals surface area contributed by atoms with Crippen LogP contribution in [0, 0.1) is 0 Å². The lowest BCUT2D eigenvalue weighted by molar-refractivity contribution is -0.274. The molecule has 1 unspecified atom stereocenters. The van der Waals surface area contributed by atoms with Crippen molar-refractivity contribution in [2.24, 2.45) is 0 Å². The zero-order chi connectivity index (χ0) is 20.1. The highest BCUT2D eigenvalue weighted by molar-refractivity contribution is 5.43. The van der Waals surface area contributed by atoms with Crippen LogP contribution in [0.1, 0.15) is 22.9 Å². The molecule has 0 amide bonds. The van der Waals surface area contributed by atoms with Crippen LogP contribution in [0.5, 0.6) is 17.5 Å². The molecular formula is C18H17F3N4O3. The number of alkyl halides is 3. The maximum Gasteiger partial charge on any atom is 0.573 e. The van der Waals surface area contributed by atoms with Crippen LogP contribution in [0.2, 0.25) is 0 Å². The van der Waals surface area contributed by atoms with Gasteiger partial charge in [-0.15, -0.1) is 13.2 Å². The molecule has 2 heterocycles. The van der Waals surface area contributed by atoms with Gasteiger partial charge >= 0.3 is 12.4 Å². The maximum absolute atomic E-state index is 12.7. The molecule has 10 heteroatoms. The Bertz CT molecular complexity index is 917. The molecule has 3 aromatic rings. The minimum atomic E-state index is -4.81. The van der Waals surface area contributed by atoms with E-state index in [1.165, 1.54) is 32.7 Å². The molecule has 0 aliphatic carbocycles. The summed E-state index contributed by atoms with van der Waals surface area (Å²) in [7, 11) is 2.82. The van der Waals surface area contributed by atoms with E-state index in [1.807, 2.05) is 0 Å². The summed E-state index contributed by atoms with van der Waals surface area (Å²) in [6.45, 7) is 0. The summed E-state index contributed by atoms with van der Waals surface area (Å²) in [6, 6.07) is 6.05. The first kappa shape index (κ1) is 19.5. The smallest absolute Gasteiger partial charge is 0.497 e. The van der Waals surface area contributed by atoms with Gasteiger partial charge in [-0.3, -0.25) is 0 Å². The summed E-state index contributed by atoms with van der Waals surface area (Å²) < 4.78 is 52.4. The monoisotopic (exact) mass is 394 g/mol. The van der Waals surface area contributed by atoms with E-state index in [4.69, 9.17) is 9.47 Å².